The maximum atomic E-state index is 11.8. The fraction of sp³-hybridized carbons (Fsp3) is 0.167. The molecular weight excluding hydrogens is 204 g/mol. The lowest BCUT2D eigenvalue weighted by Gasteiger charge is -1.99. The van der Waals surface area contributed by atoms with Crippen molar-refractivity contribution in [3.63, 3.8) is 0 Å². The summed E-state index contributed by atoms with van der Waals surface area (Å²) in [5.41, 5.74) is 1.49. The first-order valence-electron chi connectivity index (χ1n) is 4.95. The van der Waals surface area contributed by atoms with Crippen LogP contribution in [0.2, 0.25) is 0 Å². The van der Waals surface area contributed by atoms with Crippen LogP contribution in [-0.4, -0.2) is 20.7 Å². The monoisotopic (exact) mass is 216 g/mol. The van der Waals surface area contributed by atoms with Crippen LogP contribution in [0.5, 0.6) is 5.75 Å². The third kappa shape index (κ3) is 2.28. The van der Waals surface area contributed by atoms with Crippen LogP contribution < -0.4 is 0 Å². The van der Waals surface area contributed by atoms with Crippen LogP contribution in [0.25, 0.3) is 0 Å². The summed E-state index contributed by atoms with van der Waals surface area (Å²) >= 11 is 0. The predicted octanol–water partition coefficient (Wildman–Crippen LogP) is 1.55. The number of rotatable bonds is 3. The number of benzene rings is 1. The van der Waals surface area contributed by atoms with E-state index in [0.29, 0.717) is 12.0 Å². The molecule has 1 N–H and O–H groups in total. The Balaban J connectivity index is 2.10. The second kappa shape index (κ2) is 4.18. The van der Waals surface area contributed by atoms with Gasteiger partial charge in [-0.2, -0.15) is 5.10 Å². The molecule has 4 nitrogen and oxygen atoms in total. The number of aryl methyl sites for hydroxylation is 1. The predicted molar refractivity (Wildman–Crippen MR) is 59.3 cm³/mol. The lowest BCUT2D eigenvalue weighted by molar-refractivity contribution is 0.0993. The topological polar surface area (TPSA) is 55.1 Å². The molecule has 0 bridgehead atoms. The summed E-state index contributed by atoms with van der Waals surface area (Å²) in [5.74, 6) is 0.233. The van der Waals surface area contributed by atoms with Crippen molar-refractivity contribution in [2.24, 2.45) is 7.05 Å². The highest BCUT2D eigenvalue weighted by atomic mass is 16.3. The van der Waals surface area contributed by atoms with Gasteiger partial charge in [0.05, 0.1) is 11.8 Å². The second-order valence-corrected chi connectivity index (χ2v) is 3.67. The lowest BCUT2D eigenvalue weighted by atomic mass is 10.1. The third-order valence-electron chi connectivity index (χ3n) is 2.33. The summed E-state index contributed by atoms with van der Waals surface area (Å²) in [4.78, 5) is 11.8. The van der Waals surface area contributed by atoms with Crippen molar-refractivity contribution in [1.82, 2.24) is 9.78 Å². The Labute approximate surface area is 93.1 Å². The molecule has 82 valence electrons. The van der Waals surface area contributed by atoms with Crippen LogP contribution in [0.4, 0.5) is 0 Å². The second-order valence-electron chi connectivity index (χ2n) is 3.67. The molecule has 2 aromatic rings. The van der Waals surface area contributed by atoms with E-state index in [0.717, 1.165) is 5.56 Å². The van der Waals surface area contributed by atoms with Gasteiger partial charge in [0.1, 0.15) is 5.75 Å². The molecular formula is C12H12N2O2. The van der Waals surface area contributed by atoms with E-state index in [4.69, 9.17) is 5.11 Å². The molecule has 0 aliphatic heterocycles. The molecule has 1 aromatic carbocycles. The zero-order valence-electron chi connectivity index (χ0n) is 8.92. The van der Waals surface area contributed by atoms with Crippen LogP contribution >= 0.6 is 0 Å². The Morgan fingerprint density at radius 3 is 2.62 bits per heavy atom. The van der Waals surface area contributed by atoms with Crippen LogP contribution in [-0.2, 0) is 13.5 Å². The van der Waals surface area contributed by atoms with Gasteiger partial charge >= 0.3 is 0 Å². The Hall–Kier alpha value is -2.10. The smallest absolute Gasteiger partial charge is 0.170 e. The maximum Gasteiger partial charge on any atom is 0.170 e. The molecule has 0 aliphatic carbocycles. The molecule has 0 saturated carbocycles. The van der Waals surface area contributed by atoms with Gasteiger partial charge in [-0.05, 0) is 17.7 Å². The number of nitrogens with zero attached hydrogens (tertiary/aromatic N) is 2. The summed E-state index contributed by atoms with van der Waals surface area (Å²) in [5, 5.41) is 13.1. The minimum atomic E-state index is 0.0267. The van der Waals surface area contributed by atoms with Gasteiger partial charge in [-0.25, -0.2) is 0 Å². The van der Waals surface area contributed by atoms with E-state index in [1.165, 1.54) is 0 Å². The maximum absolute atomic E-state index is 11.8. The zero-order chi connectivity index (χ0) is 11.5. The van der Waals surface area contributed by atoms with Gasteiger partial charge in [0.2, 0.25) is 0 Å². The van der Waals surface area contributed by atoms with Crippen molar-refractivity contribution in [1.29, 1.82) is 0 Å². The van der Waals surface area contributed by atoms with Gasteiger partial charge in [-0.3, -0.25) is 9.48 Å². The summed E-state index contributed by atoms with van der Waals surface area (Å²) < 4.78 is 1.60. The molecule has 0 unspecified atom stereocenters. The van der Waals surface area contributed by atoms with Crippen LogP contribution in [0, 0.1) is 0 Å². The fourth-order valence-electron chi connectivity index (χ4n) is 1.47. The first kappa shape index (κ1) is 10.4. The van der Waals surface area contributed by atoms with Crippen LogP contribution in [0.1, 0.15) is 15.9 Å². The van der Waals surface area contributed by atoms with Gasteiger partial charge < -0.3 is 5.11 Å². The third-order valence-corrected chi connectivity index (χ3v) is 2.33. The van der Waals surface area contributed by atoms with Gasteiger partial charge in [0.25, 0.3) is 0 Å². The number of Topliss-reactive ketones (excluding diaryl/α,β-unsaturated/α-hetero) is 1. The molecule has 0 atom stereocenters. The van der Waals surface area contributed by atoms with Crippen molar-refractivity contribution in [3.8, 4) is 5.75 Å². The first-order chi connectivity index (χ1) is 7.65. The number of aromatic nitrogens is 2. The highest BCUT2D eigenvalue weighted by Crippen LogP contribution is 2.12. The molecule has 0 amide bonds. The number of carbonyl (C=O) groups is 1. The van der Waals surface area contributed by atoms with Crippen LogP contribution in [0.3, 0.4) is 0 Å². The van der Waals surface area contributed by atoms with E-state index in [2.05, 4.69) is 5.10 Å². The summed E-state index contributed by atoms with van der Waals surface area (Å²) in [6.45, 7) is 0. The number of ketones is 1. The lowest BCUT2D eigenvalue weighted by Crippen LogP contribution is -2.02. The minimum Gasteiger partial charge on any atom is -0.508 e. The number of phenols is 1. The highest BCUT2D eigenvalue weighted by molar-refractivity contribution is 5.97. The number of carbonyl (C=O) groups excluding carboxylic acids is 1. The molecule has 0 radical (unpaired) electrons. The number of hydrogen-bond donors (Lipinski definition) is 1. The van der Waals surface area contributed by atoms with Gasteiger partial charge in [0, 0.05) is 19.7 Å². The first-order valence-corrected chi connectivity index (χ1v) is 4.95. The van der Waals surface area contributed by atoms with Crippen molar-refractivity contribution in [2.45, 2.75) is 6.42 Å². The summed E-state index contributed by atoms with van der Waals surface area (Å²) in [7, 11) is 1.78. The number of aromatic hydroxyl groups is 1. The summed E-state index contributed by atoms with van der Waals surface area (Å²) in [6.07, 6.45) is 3.58. The standard InChI is InChI=1S/C12H12N2O2/c1-14-8-10(7-13-14)12(16)6-9-2-4-11(15)5-3-9/h2-5,7-8,15H,6H2,1H3. The molecule has 0 saturated heterocycles. The molecule has 16 heavy (non-hydrogen) atoms. The van der Waals surface area contributed by atoms with E-state index in [-0.39, 0.29) is 11.5 Å². The molecule has 0 aliphatic rings. The van der Waals surface area contributed by atoms with Crippen molar-refractivity contribution in [3.05, 3.63) is 47.8 Å². The summed E-state index contributed by atoms with van der Waals surface area (Å²) in [6, 6.07) is 6.63. The van der Waals surface area contributed by atoms with Crippen molar-refractivity contribution >= 4 is 5.78 Å². The molecule has 2 rings (SSSR count). The van der Waals surface area contributed by atoms with Gasteiger partial charge in [0.15, 0.2) is 5.78 Å². The van der Waals surface area contributed by atoms with E-state index in [1.807, 2.05) is 0 Å². The Bertz CT molecular complexity index is 500. The fourth-order valence-corrected chi connectivity index (χ4v) is 1.47. The van der Waals surface area contributed by atoms with E-state index >= 15 is 0 Å². The van der Waals surface area contributed by atoms with Gasteiger partial charge in [-0.1, -0.05) is 12.1 Å². The Morgan fingerprint density at radius 1 is 1.38 bits per heavy atom. The average Bonchev–Trinajstić information content (AvgIpc) is 2.68. The Kier molecular flexibility index (Phi) is 2.72. The minimum absolute atomic E-state index is 0.0267. The van der Waals surface area contributed by atoms with Crippen LogP contribution in [0.15, 0.2) is 36.7 Å². The Morgan fingerprint density at radius 2 is 2.06 bits per heavy atom. The molecule has 1 aromatic heterocycles. The molecule has 0 spiro atoms. The molecule has 0 fully saturated rings. The largest absolute Gasteiger partial charge is 0.508 e. The highest BCUT2D eigenvalue weighted by Gasteiger charge is 2.08. The van der Waals surface area contributed by atoms with Gasteiger partial charge in [-0.15, -0.1) is 0 Å². The quantitative estimate of drug-likeness (QED) is 0.792. The zero-order valence-corrected chi connectivity index (χ0v) is 8.92. The molecule has 4 heteroatoms. The SMILES string of the molecule is Cn1cc(C(=O)Cc2ccc(O)cc2)cn1. The van der Waals surface area contributed by atoms with Crippen molar-refractivity contribution in [2.75, 3.05) is 0 Å². The molecule has 1 heterocycles. The average molecular weight is 216 g/mol. The number of phenolic OH excluding ortho intramolecular Hbond substituents is 1. The normalized spacial score (nSPS) is 10.3. The van der Waals surface area contributed by atoms with E-state index in [1.54, 1.807) is 48.4 Å². The van der Waals surface area contributed by atoms with Crippen molar-refractivity contribution < 1.29 is 9.90 Å². The van der Waals surface area contributed by atoms with E-state index in [9.17, 15) is 4.79 Å². The van der Waals surface area contributed by atoms with E-state index < -0.39 is 0 Å². The number of hydrogen-bond acceptors (Lipinski definition) is 3.